The molecule has 6 N–H and O–H groups in total. The summed E-state index contributed by atoms with van der Waals surface area (Å²) in [7, 11) is 0. The van der Waals surface area contributed by atoms with Gasteiger partial charge in [0.2, 0.25) is 5.43 Å². The Kier molecular flexibility index (Phi) is 11.5. The highest BCUT2D eigenvalue weighted by molar-refractivity contribution is 5.93. The lowest BCUT2D eigenvalue weighted by Crippen LogP contribution is -2.43. The van der Waals surface area contributed by atoms with Gasteiger partial charge in [0.1, 0.15) is 11.4 Å². The number of hydrogen-bond donors (Lipinski definition) is 6. The predicted molar refractivity (Wildman–Crippen MR) is 147 cm³/mol. The number of pyridine rings is 1. The number of carboxylic acids is 1. The van der Waals surface area contributed by atoms with Crippen LogP contribution in [-0.4, -0.2) is 90.4 Å². The minimum Gasteiger partial charge on any atom is -0.477 e. The van der Waals surface area contributed by atoms with E-state index in [1.165, 1.54) is 12.3 Å². The van der Waals surface area contributed by atoms with E-state index in [1.807, 2.05) is 23.3 Å². The number of carboxylic acid groups (broad SMARTS) is 1. The van der Waals surface area contributed by atoms with Gasteiger partial charge in [0.05, 0.1) is 24.4 Å². The second-order valence-electron chi connectivity index (χ2n) is 9.86. The zero-order valence-electron chi connectivity index (χ0n) is 22.4. The molecule has 1 aliphatic heterocycles. The largest absolute Gasteiger partial charge is 0.477 e. The Morgan fingerprint density at radius 3 is 2.13 bits per heavy atom. The van der Waals surface area contributed by atoms with Crippen LogP contribution in [0.4, 0.5) is 10.1 Å². The first-order valence-corrected chi connectivity index (χ1v) is 13.6. The Morgan fingerprint density at radius 2 is 1.66 bits per heavy atom. The topological polar surface area (TPSA) is 139 Å². The number of fused-ring (bicyclic) bond motifs is 1. The lowest BCUT2D eigenvalue weighted by atomic mass is 10.1. The lowest BCUT2D eigenvalue weighted by Gasteiger charge is -2.30. The van der Waals surface area contributed by atoms with Crippen LogP contribution in [0, 0.1) is 5.82 Å². The van der Waals surface area contributed by atoms with Gasteiger partial charge < -0.3 is 40.7 Å². The molecule has 0 unspecified atom stereocenters. The van der Waals surface area contributed by atoms with Gasteiger partial charge >= 0.3 is 5.97 Å². The number of halogens is 1. The molecular formula is C27H42FN5O5. The number of carbonyl (C=O) groups is 1. The van der Waals surface area contributed by atoms with E-state index in [-0.39, 0.29) is 42.3 Å². The summed E-state index contributed by atoms with van der Waals surface area (Å²) in [5, 5.41) is 36.9. The van der Waals surface area contributed by atoms with Crippen LogP contribution in [0.1, 0.15) is 55.9 Å². The lowest BCUT2D eigenvalue weighted by molar-refractivity contribution is 0.0694. The Morgan fingerprint density at radius 1 is 1.08 bits per heavy atom. The zero-order chi connectivity index (χ0) is 27.7. The Hall–Kier alpha value is -2.57. The summed E-state index contributed by atoms with van der Waals surface area (Å²) in [6, 6.07) is 3.48. The number of aliphatic hydroxyl groups is 2. The first kappa shape index (κ1) is 30.0. The molecule has 1 aromatic carbocycles. The normalized spacial score (nSPS) is 17.1. The van der Waals surface area contributed by atoms with E-state index >= 15 is 0 Å². The van der Waals surface area contributed by atoms with E-state index in [1.54, 1.807) is 6.07 Å². The van der Waals surface area contributed by atoms with Crippen molar-refractivity contribution in [2.24, 2.45) is 0 Å². The smallest absolute Gasteiger partial charge is 0.341 e. The first-order chi connectivity index (χ1) is 18.3. The summed E-state index contributed by atoms with van der Waals surface area (Å²) in [6.07, 6.45) is 5.17. The highest BCUT2D eigenvalue weighted by atomic mass is 19.1. The van der Waals surface area contributed by atoms with Gasteiger partial charge in [0.15, 0.2) is 0 Å². The third-order valence-corrected chi connectivity index (χ3v) is 7.15. The fourth-order valence-corrected chi connectivity index (χ4v) is 4.54. The summed E-state index contributed by atoms with van der Waals surface area (Å²) in [6.45, 7) is 9.09. The first-order valence-electron chi connectivity index (χ1n) is 13.6. The third-order valence-electron chi connectivity index (χ3n) is 7.15. The van der Waals surface area contributed by atoms with Crippen molar-refractivity contribution in [3.05, 3.63) is 39.9 Å². The monoisotopic (exact) mass is 535 g/mol. The SMILES string of the molecule is CC[C@@H](CO)NCCN[C@@H](CC)CO.O=C(O)c1cn(C2CC2)c2cc(N3CCNCC3)c(F)cc2c1=O. The molecule has 4 rings (SSSR count). The Bertz CT molecular complexity index is 1100. The zero-order valence-corrected chi connectivity index (χ0v) is 22.4. The molecule has 11 heteroatoms. The summed E-state index contributed by atoms with van der Waals surface area (Å²) in [4.78, 5) is 25.7. The van der Waals surface area contributed by atoms with E-state index in [0.29, 0.717) is 24.3 Å². The molecule has 1 saturated heterocycles. The molecule has 2 fully saturated rings. The molecule has 212 valence electrons. The van der Waals surface area contributed by atoms with Gasteiger partial charge in [-0.25, -0.2) is 9.18 Å². The number of rotatable bonds is 12. The number of anilines is 1. The van der Waals surface area contributed by atoms with E-state index in [0.717, 1.165) is 51.9 Å². The third kappa shape index (κ3) is 7.73. The number of nitrogens with zero attached hydrogens (tertiary/aromatic N) is 2. The van der Waals surface area contributed by atoms with Crippen LogP contribution >= 0.6 is 0 Å². The van der Waals surface area contributed by atoms with Crippen LogP contribution < -0.4 is 26.3 Å². The van der Waals surface area contributed by atoms with E-state index in [4.69, 9.17) is 10.2 Å². The van der Waals surface area contributed by atoms with Crippen molar-refractivity contribution in [1.82, 2.24) is 20.5 Å². The molecule has 1 saturated carbocycles. The molecule has 38 heavy (non-hydrogen) atoms. The highest BCUT2D eigenvalue weighted by Crippen LogP contribution is 2.38. The molecule has 0 radical (unpaired) electrons. The average Bonchev–Trinajstić information content (AvgIpc) is 3.77. The van der Waals surface area contributed by atoms with Crippen LogP contribution in [0.15, 0.2) is 23.1 Å². The van der Waals surface area contributed by atoms with Crippen molar-refractivity contribution in [2.45, 2.75) is 57.7 Å². The molecule has 10 nitrogen and oxygen atoms in total. The summed E-state index contributed by atoms with van der Waals surface area (Å²) < 4.78 is 16.4. The van der Waals surface area contributed by atoms with Crippen molar-refractivity contribution in [1.29, 1.82) is 0 Å². The number of benzene rings is 1. The molecule has 1 aliphatic carbocycles. The maximum absolute atomic E-state index is 14.6. The van der Waals surface area contributed by atoms with Gasteiger partial charge in [-0.3, -0.25) is 4.79 Å². The average molecular weight is 536 g/mol. The number of aromatic carboxylic acids is 1. The number of hydrogen-bond acceptors (Lipinski definition) is 8. The maximum Gasteiger partial charge on any atom is 0.341 e. The van der Waals surface area contributed by atoms with Gasteiger partial charge in [-0.05, 0) is 37.8 Å². The van der Waals surface area contributed by atoms with Crippen LogP contribution in [0.3, 0.4) is 0 Å². The molecule has 2 heterocycles. The molecule has 0 spiro atoms. The summed E-state index contributed by atoms with van der Waals surface area (Å²) >= 11 is 0. The van der Waals surface area contributed by atoms with Gasteiger partial charge in [-0.1, -0.05) is 13.8 Å². The van der Waals surface area contributed by atoms with Crippen molar-refractivity contribution < 1.29 is 24.5 Å². The van der Waals surface area contributed by atoms with Crippen LogP contribution in [-0.2, 0) is 0 Å². The summed E-state index contributed by atoms with van der Waals surface area (Å²) in [5.41, 5.74) is 0.159. The number of piperazine rings is 1. The van der Waals surface area contributed by atoms with Crippen molar-refractivity contribution in [3.63, 3.8) is 0 Å². The number of nitrogens with one attached hydrogen (secondary N) is 3. The Labute approximate surface area is 222 Å². The molecule has 2 atom stereocenters. The second kappa shape index (κ2) is 14.5. The van der Waals surface area contributed by atoms with Crippen LogP contribution in [0.5, 0.6) is 0 Å². The predicted octanol–water partition coefficient (Wildman–Crippen LogP) is 1.29. The van der Waals surface area contributed by atoms with Crippen molar-refractivity contribution in [2.75, 3.05) is 57.4 Å². The Balaban J connectivity index is 0.000000247. The molecule has 2 aliphatic rings. The standard InChI is InChI=1S/C17H18FN3O3.C10H24N2O2/c18-13-7-11-14(8-15(13)20-5-3-19-4-6-20)21(10-1-2-10)9-12(16(11)22)17(23)24;1-3-9(7-13)11-5-6-12-10(4-2)8-14/h7-10,19H,1-6H2,(H,23,24);9-14H,3-8H2,1-2H3/t;9-,10-/m.0/s1. The van der Waals surface area contributed by atoms with Gasteiger partial charge in [0, 0.05) is 69.0 Å². The second-order valence-corrected chi connectivity index (χ2v) is 9.86. The molecular weight excluding hydrogens is 493 g/mol. The minimum absolute atomic E-state index is 0.137. The van der Waals surface area contributed by atoms with E-state index in [2.05, 4.69) is 16.0 Å². The quantitative estimate of drug-likeness (QED) is 0.222. The fourth-order valence-electron chi connectivity index (χ4n) is 4.54. The van der Waals surface area contributed by atoms with E-state index < -0.39 is 17.2 Å². The molecule has 0 amide bonds. The van der Waals surface area contributed by atoms with E-state index in [9.17, 15) is 19.1 Å². The van der Waals surface area contributed by atoms with Gasteiger partial charge in [0.25, 0.3) is 0 Å². The van der Waals surface area contributed by atoms with Crippen LogP contribution in [0.25, 0.3) is 10.9 Å². The fraction of sp³-hybridized carbons (Fsp3) is 0.630. The van der Waals surface area contributed by atoms with Crippen molar-refractivity contribution in [3.8, 4) is 0 Å². The van der Waals surface area contributed by atoms with Gasteiger partial charge in [-0.15, -0.1) is 0 Å². The molecule has 2 aromatic rings. The minimum atomic E-state index is -1.28. The van der Waals surface area contributed by atoms with Crippen molar-refractivity contribution >= 4 is 22.6 Å². The molecule has 1 aromatic heterocycles. The number of aromatic nitrogens is 1. The molecule has 0 bridgehead atoms. The highest BCUT2D eigenvalue weighted by Gasteiger charge is 2.28. The summed E-state index contributed by atoms with van der Waals surface area (Å²) in [5.74, 6) is -1.76. The van der Waals surface area contributed by atoms with Gasteiger partial charge in [-0.2, -0.15) is 0 Å². The number of aliphatic hydroxyl groups excluding tert-OH is 2. The van der Waals surface area contributed by atoms with Crippen LogP contribution in [0.2, 0.25) is 0 Å². The maximum atomic E-state index is 14.6.